The second-order valence-electron chi connectivity index (χ2n) is 5.80. The summed E-state index contributed by atoms with van der Waals surface area (Å²) in [7, 11) is 0. The molecule has 20 heavy (non-hydrogen) atoms. The summed E-state index contributed by atoms with van der Waals surface area (Å²) < 4.78 is 0. The van der Waals surface area contributed by atoms with E-state index < -0.39 is 0 Å². The maximum atomic E-state index is 12.3. The number of carbonyl (C=O) groups excluding carboxylic acids is 1. The van der Waals surface area contributed by atoms with E-state index in [-0.39, 0.29) is 11.8 Å². The van der Waals surface area contributed by atoms with Crippen LogP contribution in [0, 0.1) is 18.8 Å². The average Bonchev–Trinajstić information content (AvgIpc) is 2.95. The molecular formula is C16H25N3O. The van der Waals surface area contributed by atoms with Gasteiger partial charge in [-0.2, -0.15) is 0 Å². The Morgan fingerprint density at radius 2 is 2.20 bits per heavy atom. The number of rotatable bonds is 6. The van der Waals surface area contributed by atoms with Gasteiger partial charge in [0.2, 0.25) is 5.91 Å². The van der Waals surface area contributed by atoms with Crippen molar-refractivity contribution < 1.29 is 4.79 Å². The van der Waals surface area contributed by atoms with Crippen molar-refractivity contribution in [2.45, 2.75) is 58.9 Å². The van der Waals surface area contributed by atoms with E-state index in [0.29, 0.717) is 6.54 Å². The maximum absolute atomic E-state index is 12.3. The molecule has 4 heteroatoms. The molecular weight excluding hydrogens is 250 g/mol. The van der Waals surface area contributed by atoms with Gasteiger partial charge in [0.25, 0.3) is 0 Å². The summed E-state index contributed by atoms with van der Waals surface area (Å²) in [4.78, 5) is 20.6. The third-order valence-electron chi connectivity index (χ3n) is 4.23. The van der Waals surface area contributed by atoms with Crippen LogP contribution in [0.3, 0.4) is 0 Å². The molecule has 4 nitrogen and oxygen atoms in total. The Kier molecular flexibility index (Phi) is 5.50. The highest BCUT2D eigenvalue weighted by molar-refractivity contribution is 5.78. The molecule has 1 aromatic rings. The Balaban J connectivity index is 1.82. The van der Waals surface area contributed by atoms with Crippen LogP contribution in [0.4, 0.5) is 0 Å². The second kappa shape index (κ2) is 7.36. The van der Waals surface area contributed by atoms with Crippen molar-refractivity contribution in [3.05, 3.63) is 23.8 Å². The number of carbonyl (C=O) groups is 1. The molecule has 0 radical (unpaired) electrons. The van der Waals surface area contributed by atoms with E-state index in [1.165, 1.54) is 25.7 Å². The van der Waals surface area contributed by atoms with Gasteiger partial charge in [0, 0.05) is 12.1 Å². The van der Waals surface area contributed by atoms with E-state index in [4.69, 9.17) is 0 Å². The van der Waals surface area contributed by atoms with E-state index >= 15 is 0 Å². The first-order valence-corrected chi connectivity index (χ1v) is 7.75. The fourth-order valence-electron chi connectivity index (χ4n) is 3.03. The SMILES string of the molecule is CCC(CC1CCCC1)C(=O)NCc1ccnc(C)n1. The van der Waals surface area contributed by atoms with Crippen LogP contribution in [0.25, 0.3) is 0 Å². The van der Waals surface area contributed by atoms with Crippen LogP contribution in [-0.4, -0.2) is 15.9 Å². The van der Waals surface area contributed by atoms with Gasteiger partial charge in [-0.05, 0) is 31.7 Å². The molecule has 1 amide bonds. The molecule has 110 valence electrons. The van der Waals surface area contributed by atoms with Crippen molar-refractivity contribution in [3.8, 4) is 0 Å². The minimum Gasteiger partial charge on any atom is -0.350 e. The van der Waals surface area contributed by atoms with Crippen LogP contribution >= 0.6 is 0 Å². The van der Waals surface area contributed by atoms with E-state index in [0.717, 1.165) is 30.3 Å². The quantitative estimate of drug-likeness (QED) is 0.868. The molecule has 1 aliphatic carbocycles. The van der Waals surface area contributed by atoms with E-state index in [2.05, 4.69) is 22.2 Å². The molecule has 2 rings (SSSR count). The molecule has 1 unspecified atom stereocenters. The standard InChI is InChI=1S/C16H25N3O/c1-3-14(10-13-6-4-5-7-13)16(20)18-11-15-8-9-17-12(2)19-15/h8-9,13-14H,3-7,10-11H2,1-2H3,(H,18,20). The lowest BCUT2D eigenvalue weighted by Crippen LogP contribution is -2.31. The van der Waals surface area contributed by atoms with Gasteiger partial charge >= 0.3 is 0 Å². The highest BCUT2D eigenvalue weighted by Crippen LogP contribution is 2.31. The van der Waals surface area contributed by atoms with Crippen LogP contribution in [0.15, 0.2) is 12.3 Å². The Morgan fingerprint density at radius 1 is 1.45 bits per heavy atom. The third-order valence-corrected chi connectivity index (χ3v) is 4.23. The van der Waals surface area contributed by atoms with Gasteiger partial charge in [0.15, 0.2) is 0 Å². The first-order valence-electron chi connectivity index (χ1n) is 7.75. The van der Waals surface area contributed by atoms with Crippen molar-refractivity contribution in [2.75, 3.05) is 0 Å². The Morgan fingerprint density at radius 3 is 2.85 bits per heavy atom. The lowest BCUT2D eigenvalue weighted by atomic mass is 9.91. The van der Waals surface area contributed by atoms with Gasteiger partial charge < -0.3 is 5.32 Å². The molecule has 1 aromatic heterocycles. The highest BCUT2D eigenvalue weighted by atomic mass is 16.1. The fourth-order valence-corrected chi connectivity index (χ4v) is 3.03. The van der Waals surface area contributed by atoms with Crippen LogP contribution < -0.4 is 5.32 Å². The predicted molar refractivity (Wildman–Crippen MR) is 79.0 cm³/mol. The second-order valence-corrected chi connectivity index (χ2v) is 5.80. The number of nitrogens with zero attached hydrogens (tertiary/aromatic N) is 2. The number of hydrogen-bond donors (Lipinski definition) is 1. The molecule has 1 atom stereocenters. The normalized spacial score (nSPS) is 17.1. The minimum atomic E-state index is 0.154. The molecule has 1 saturated carbocycles. The third kappa shape index (κ3) is 4.29. The molecule has 0 aliphatic heterocycles. The number of nitrogens with one attached hydrogen (secondary N) is 1. The van der Waals surface area contributed by atoms with Gasteiger partial charge in [-0.3, -0.25) is 4.79 Å². The minimum absolute atomic E-state index is 0.154. The number of aryl methyl sites for hydroxylation is 1. The number of amides is 1. The van der Waals surface area contributed by atoms with Crippen LogP contribution in [0.2, 0.25) is 0 Å². The summed E-state index contributed by atoms with van der Waals surface area (Å²) in [6, 6.07) is 1.85. The smallest absolute Gasteiger partial charge is 0.223 e. The summed E-state index contributed by atoms with van der Waals surface area (Å²) in [5.41, 5.74) is 0.876. The topological polar surface area (TPSA) is 54.9 Å². The highest BCUT2D eigenvalue weighted by Gasteiger charge is 2.23. The summed E-state index contributed by atoms with van der Waals surface area (Å²) in [6.07, 6.45) is 8.98. The van der Waals surface area contributed by atoms with Gasteiger partial charge in [-0.1, -0.05) is 32.6 Å². The summed E-state index contributed by atoms with van der Waals surface area (Å²) in [5, 5.41) is 3.02. The van der Waals surface area contributed by atoms with Crippen molar-refractivity contribution in [3.63, 3.8) is 0 Å². The van der Waals surface area contributed by atoms with Crippen molar-refractivity contribution in [1.29, 1.82) is 0 Å². The monoisotopic (exact) mass is 275 g/mol. The van der Waals surface area contributed by atoms with Gasteiger partial charge in [-0.25, -0.2) is 9.97 Å². The zero-order valence-electron chi connectivity index (χ0n) is 12.6. The molecule has 0 spiro atoms. The van der Waals surface area contributed by atoms with E-state index in [1.54, 1.807) is 6.20 Å². The maximum Gasteiger partial charge on any atom is 0.223 e. The summed E-state index contributed by atoms with van der Waals surface area (Å²) >= 11 is 0. The zero-order chi connectivity index (χ0) is 14.4. The molecule has 1 aliphatic rings. The Bertz CT molecular complexity index is 441. The van der Waals surface area contributed by atoms with Crippen molar-refractivity contribution >= 4 is 5.91 Å². The Hall–Kier alpha value is -1.45. The predicted octanol–water partition coefficient (Wildman–Crippen LogP) is 3.01. The van der Waals surface area contributed by atoms with Crippen molar-refractivity contribution in [1.82, 2.24) is 15.3 Å². The average molecular weight is 275 g/mol. The summed E-state index contributed by atoms with van der Waals surface area (Å²) in [5.74, 6) is 1.83. The molecule has 0 aromatic carbocycles. The molecule has 1 fully saturated rings. The largest absolute Gasteiger partial charge is 0.350 e. The zero-order valence-corrected chi connectivity index (χ0v) is 12.6. The van der Waals surface area contributed by atoms with Crippen LogP contribution in [-0.2, 0) is 11.3 Å². The Labute approximate surface area is 121 Å². The van der Waals surface area contributed by atoms with Crippen molar-refractivity contribution in [2.24, 2.45) is 11.8 Å². The lowest BCUT2D eigenvalue weighted by Gasteiger charge is -2.18. The van der Waals surface area contributed by atoms with Crippen LogP contribution in [0.5, 0.6) is 0 Å². The molecule has 1 N–H and O–H groups in total. The molecule has 0 saturated heterocycles. The van der Waals surface area contributed by atoms with Gasteiger partial charge in [0.05, 0.1) is 12.2 Å². The lowest BCUT2D eigenvalue weighted by molar-refractivity contribution is -0.125. The van der Waals surface area contributed by atoms with E-state index in [9.17, 15) is 4.79 Å². The molecule has 1 heterocycles. The van der Waals surface area contributed by atoms with Gasteiger partial charge in [-0.15, -0.1) is 0 Å². The number of hydrogen-bond acceptors (Lipinski definition) is 3. The van der Waals surface area contributed by atoms with Crippen LogP contribution in [0.1, 0.15) is 57.0 Å². The van der Waals surface area contributed by atoms with E-state index in [1.807, 2.05) is 13.0 Å². The van der Waals surface area contributed by atoms with Gasteiger partial charge in [0.1, 0.15) is 5.82 Å². The summed E-state index contributed by atoms with van der Waals surface area (Å²) in [6.45, 7) is 4.47. The number of aromatic nitrogens is 2. The fraction of sp³-hybridized carbons (Fsp3) is 0.688. The first-order chi connectivity index (χ1) is 9.69. The first kappa shape index (κ1) is 14.9. The molecule has 0 bridgehead atoms.